The lowest BCUT2D eigenvalue weighted by molar-refractivity contribution is -0.384. The monoisotopic (exact) mass is 388 g/mol. The van der Waals surface area contributed by atoms with Crippen LogP contribution in [0.3, 0.4) is 0 Å². The molecular weight excluding hydrogens is 368 g/mol. The first-order valence-electron chi connectivity index (χ1n) is 8.98. The molecule has 1 aromatic heterocycles. The van der Waals surface area contributed by atoms with E-state index in [0.29, 0.717) is 38.1 Å². The van der Waals surface area contributed by atoms with Gasteiger partial charge in [0.25, 0.3) is 11.2 Å². The molecule has 0 unspecified atom stereocenters. The molecule has 0 saturated carbocycles. The first-order valence-corrected chi connectivity index (χ1v) is 8.98. The van der Waals surface area contributed by atoms with Gasteiger partial charge in [0, 0.05) is 25.2 Å². The Morgan fingerprint density at radius 1 is 1.32 bits per heavy atom. The molecule has 148 valence electrons. The summed E-state index contributed by atoms with van der Waals surface area (Å²) in [6.07, 6.45) is 2.29. The van der Waals surface area contributed by atoms with Gasteiger partial charge < -0.3 is 9.64 Å². The molecule has 0 N–H and O–H groups in total. The largest absolute Gasteiger partial charge is 0.466 e. The summed E-state index contributed by atoms with van der Waals surface area (Å²) in [7, 11) is 0. The number of aromatic nitrogens is 2. The van der Waals surface area contributed by atoms with Gasteiger partial charge in [-0.2, -0.15) is 0 Å². The Morgan fingerprint density at radius 2 is 2.04 bits per heavy atom. The van der Waals surface area contributed by atoms with Gasteiger partial charge in [0.1, 0.15) is 6.54 Å². The number of nitro benzene ring substituents is 1. The van der Waals surface area contributed by atoms with Crippen molar-refractivity contribution in [1.29, 1.82) is 0 Å². The lowest BCUT2D eigenvalue weighted by Gasteiger charge is -2.31. The molecule has 2 heterocycles. The van der Waals surface area contributed by atoms with Crippen LogP contribution in [0.5, 0.6) is 0 Å². The first kappa shape index (κ1) is 19.5. The fraction of sp³-hybridized carbons (Fsp3) is 0.444. The van der Waals surface area contributed by atoms with Crippen molar-refractivity contribution in [1.82, 2.24) is 14.5 Å². The molecule has 28 heavy (non-hydrogen) atoms. The molecule has 1 saturated heterocycles. The topological polar surface area (TPSA) is 125 Å². The van der Waals surface area contributed by atoms with Crippen LogP contribution in [0, 0.1) is 16.0 Å². The van der Waals surface area contributed by atoms with E-state index in [1.165, 1.54) is 18.5 Å². The number of carbonyl (C=O) groups is 2. The van der Waals surface area contributed by atoms with Gasteiger partial charge in [-0.05, 0) is 25.8 Å². The molecule has 10 nitrogen and oxygen atoms in total. The minimum atomic E-state index is -0.588. The molecule has 1 amide bonds. The average Bonchev–Trinajstić information content (AvgIpc) is 2.70. The maximum atomic E-state index is 12.6. The zero-order valence-electron chi connectivity index (χ0n) is 15.4. The van der Waals surface area contributed by atoms with Gasteiger partial charge in [0.05, 0.1) is 34.7 Å². The zero-order valence-corrected chi connectivity index (χ0v) is 15.4. The van der Waals surface area contributed by atoms with Crippen LogP contribution in [0.25, 0.3) is 10.9 Å². The summed E-state index contributed by atoms with van der Waals surface area (Å²) >= 11 is 0. The van der Waals surface area contributed by atoms with Gasteiger partial charge in [0.2, 0.25) is 5.91 Å². The normalized spacial score (nSPS) is 14.8. The van der Waals surface area contributed by atoms with Crippen molar-refractivity contribution in [2.75, 3.05) is 19.7 Å². The van der Waals surface area contributed by atoms with Crippen LogP contribution in [0.2, 0.25) is 0 Å². The Labute approximate surface area is 159 Å². The molecule has 0 radical (unpaired) electrons. The number of fused-ring (bicyclic) bond motifs is 1. The quantitative estimate of drug-likeness (QED) is 0.427. The molecule has 10 heteroatoms. The lowest BCUT2D eigenvalue weighted by Crippen LogP contribution is -2.43. The first-order chi connectivity index (χ1) is 13.4. The van der Waals surface area contributed by atoms with Gasteiger partial charge in [-0.15, -0.1) is 0 Å². The third kappa shape index (κ3) is 4.00. The number of hydrogen-bond donors (Lipinski definition) is 0. The molecule has 1 aromatic carbocycles. The van der Waals surface area contributed by atoms with E-state index in [1.807, 2.05) is 0 Å². The summed E-state index contributed by atoms with van der Waals surface area (Å²) < 4.78 is 6.16. The number of amides is 1. The fourth-order valence-electron chi connectivity index (χ4n) is 3.24. The second-order valence-corrected chi connectivity index (χ2v) is 6.54. The molecule has 2 aromatic rings. The number of nitro groups is 1. The Kier molecular flexibility index (Phi) is 5.67. The van der Waals surface area contributed by atoms with E-state index in [4.69, 9.17) is 4.74 Å². The van der Waals surface area contributed by atoms with Crippen molar-refractivity contribution in [3.8, 4) is 0 Å². The van der Waals surface area contributed by atoms with Crippen molar-refractivity contribution >= 4 is 28.5 Å². The molecule has 0 atom stereocenters. The Bertz CT molecular complexity index is 978. The summed E-state index contributed by atoms with van der Waals surface area (Å²) in [5.74, 6) is -0.725. The molecule has 1 fully saturated rings. The highest BCUT2D eigenvalue weighted by Gasteiger charge is 2.28. The molecule has 0 bridgehead atoms. The smallest absolute Gasteiger partial charge is 0.309 e. The lowest BCUT2D eigenvalue weighted by atomic mass is 9.97. The second kappa shape index (κ2) is 8.15. The van der Waals surface area contributed by atoms with Crippen LogP contribution in [-0.2, 0) is 20.9 Å². The number of rotatable bonds is 5. The highest BCUT2D eigenvalue weighted by atomic mass is 16.6. The number of carbonyl (C=O) groups excluding carboxylic acids is 2. The summed E-state index contributed by atoms with van der Waals surface area (Å²) in [6, 6.07) is 3.84. The highest BCUT2D eigenvalue weighted by molar-refractivity contribution is 5.81. The number of piperidine rings is 1. The Morgan fingerprint density at radius 3 is 2.68 bits per heavy atom. The van der Waals surface area contributed by atoms with Gasteiger partial charge in [-0.1, -0.05) is 0 Å². The van der Waals surface area contributed by atoms with Crippen LogP contribution >= 0.6 is 0 Å². The van der Waals surface area contributed by atoms with E-state index in [9.17, 15) is 24.5 Å². The number of hydrogen-bond acceptors (Lipinski definition) is 7. The van der Waals surface area contributed by atoms with Crippen LogP contribution in [0.1, 0.15) is 19.8 Å². The maximum absolute atomic E-state index is 12.6. The molecule has 0 aliphatic carbocycles. The van der Waals surface area contributed by atoms with E-state index in [2.05, 4.69) is 4.98 Å². The van der Waals surface area contributed by atoms with Gasteiger partial charge in [-0.25, -0.2) is 4.98 Å². The second-order valence-electron chi connectivity index (χ2n) is 6.54. The zero-order chi connectivity index (χ0) is 20.3. The van der Waals surface area contributed by atoms with E-state index in [1.54, 1.807) is 11.8 Å². The molecule has 3 rings (SSSR count). The van der Waals surface area contributed by atoms with Crippen LogP contribution in [0.15, 0.2) is 29.3 Å². The van der Waals surface area contributed by atoms with Crippen LogP contribution in [0.4, 0.5) is 5.69 Å². The van der Waals surface area contributed by atoms with Crippen LogP contribution in [-0.4, -0.2) is 50.9 Å². The summed E-state index contributed by atoms with van der Waals surface area (Å²) in [6.45, 7) is 2.68. The molecule has 1 aliphatic heterocycles. The van der Waals surface area contributed by atoms with Crippen molar-refractivity contribution in [3.63, 3.8) is 0 Å². The van der Waals surface area contributed by atoms with E-state index >= 15 is 0 Å². The van der Waals surface area contributed by atoms with Crippen molar-refractivity contribution in [3.05, 3.63) is 45.0 Å². The number of likely N-dealkylation sites (tertiary alicyclic amines) is 1. The molecule has 1 aliphatic rings. The van der Waals surface area contributed by atoms with Crippen LogP contribution < -0.4 is 5.56 Å². The minimum Gasteiger partial charge on any atom is -0.466 e. The number of nitrogens with zero attached hydrogens (tertiary/aromatic N) is 4. The van der Waals surface area contributed by atoms with Gasteiger partial charge >= 0.3 is 5.97 Å². The number of non-ortho nitro benzene ring substituents is 1. The fourth-order valence-corrected chi connectivity index (χ4v) is 3.24. The number of ether oxygens (including phenoxy) is 1. The standard InChI is InChI=1S/C18H20N4O6/c1-2-28-18(25)12-5-7-20(8-6-12)16(23)10-21-11-19-15-4-3-13(22(26)27)9-14(15)17(21)24/h3-4,9,11-12H,2,5-8,10H2,1H3. The number of benzene rings is 1. The van der Waals surface area contributed by atoms with Crippen molar-refractivity contribution in [2.45, 2.75) is 26.3 Å². The molecule has 0 spiro atoms. The predicted molar refractivity (Wildman–Crippen MR) is 98.6 cm³/mol. The molecular formula is C18H20N4O6. The summed E-state index contributed by atoms with van der Waals surface area (Å²) in [5, 5.41) is 11.0. The summed E-state index contributed by atoms with van der Waals surface area (Å²) in [4.78, 5) is 53.0. The third-order valence-electron chi connectivity index (χ3n) is 4.79. The maximum Gasteiger partial charge on any atom is 0.309 e. The Balaban J connectivity index is 1.71. The third-order valence-corrected chi connectivity index (χ3v) is 4.79. The minimum absolute atomic E-state index is 0.0884. The average molecular weight is 388 g/mol. The highest BCUT2D eigenvalue weighted by Crippen LogP contribution is 2.19. The van der Waals surface area contributed by atoms with E-state index < -0.39 is 10.5 Å². The van der Waals surface area contributed by atoms with Crippen molar-refractivity contribution < 1.29 is 19.2 Å². The van der Waals surface area contributed by atoms with Gasteiger partial charge in [-0.3, -0.25) is 29.1 Å². The number of esters is 1. The van der Waals surface area contributed by atoms with E-state index in [0.717, 1.165) is 10.6 Å². The summed E-state index contributed by atoms with van der Waals surface area (Å²) in [5.41, 5.74) is -0.394. The SMILES string of the molecule is CCOC(=O)C1CCN(C(=O)Cn2cnc3ccc([N+](=O)[O-])cc3c2=O)CC1. The van der Waals surface area contributed by atoms with E-state index in [-0.39, 0.29) is 35.4 Å². The van der Waals surface area contributed by atoms with Crippen molar-refractivity contribution in [2.24, 2.45) is 5.92 Å². The van der Waals surface area contributed by atoms with Gasteiger partial charge in [0.15, 0.2) is 0 Å². The predicted octanol–water partition coefficient (Wildman–Crippen LogP) is 1.11. The Hall–Kier alpha value is -3.30.